The maximum atomic E-state index is 5.90. The second-order valence-corrected chi connectivity index (χ2v) is 18.9. The molecule has 0 amide bonds. The second-order valence-electron chi connectivity index (χ2n) is 16.7. The largest absolute Gasteiger partial charge is 0.496 e. The van der Waals surface area contributed by atoms with Crippen LogP contribution in [0, 0.1) is 13.8 Å². The van der Waals surface area contributed by atoms with E-state index < -0.39 is 7.92 Å². The van der Waals surface area contributed by atoms with Crippen molar-refractivity contribution in [1.29, 1.82) is 0 Å². The Morgan fingerprint density at radius 3 is 1.44 bits per heavy atom. The number of hydrogen-bond acceptors (Lipinski definition) is 1. The zero-order chi connectivity index (χ0) is 41.0. The molecule has 0 saturated heterocycles. The Bertz CT molecular complexity index is 2370. The lowest BCUT2D eigenvalue weighted by molar-refractivity contribution is 0.408. The van der Waals surface area contributed by atoms with Gasteiger partial charge >= 0.3 is 0 Å². The highest BCUT2D eigenvalue weighted by Crippen LogP contribution is 2.47. The Kier molecular flexibility index (Phi) is 15.1. The molecule has 0 saturated carbocycles. The summed E-state index contributed by atoms with van der Waals surface area (Å²) in [7, 11) is 0.903. The molecule has 7 aromatic rings. The van der Waals surface area contributed by atoms with E-state index in [0.717, 1.165) is 29.7 Å². The van der Waals surface area contributed by atoms with E-state index in [0.29, 0.717) is 0 Å². The van der Waals surface area contributed by atoms with Gasteiger partial charge in [0.1, 0.15) is 5.75 Å². The monoisotopic (exact) mass is 796 g/mol. The summed E-state index contributed by atoms with van der Waals surface area (Å²) in [4.78, 5) is 0. The summed E-state index contributed by atoms with van der Waals surface area (Å²) in [6, 6.07) is 51.6. The smallest absolute Gasteiger partial charge is 0.124 e. The second kappa shape index (κ2) is 21.0. The van der Waals surface area contributed by atoms with Crippen LogP contribution < -0.4 is 20.7 Å². The van der Waals surface area contributed by atoms with Crippen molar-refractivity contribution in [2.45, 2.75) is 118 Å². The van der Waals surface area contributed by atoms with Crippen molar-refractivity contribution in [3.05, 3.63) is 156 Å². The highest BCUT2D eigenvalue weighted by molar-refractivity contribution is 7.80. The van der Waals surface area contributed by atoms with Gasteiger partial charge in [-0.1, -0.05) is 199 Å². The molecule has 0 atom stereocenters. The molecule has 1 nitrogen and oxygen atoms in total. The molecule has 0 aromatic heterocycles. The molecule has 2 heteroatoms. The van der Waals surface area contributed by atoms with Crippen LogP contribution in [0.2, 0.25) is 0 Å². The number of fused-ring (bicyclic) bond motifs is 2. The standard InChI is InChI=1S/C57H65OP/c1-6-8-10-12-14-18-24-44-30-34-51-46(40-44)32-36-53(48-38-42(3)57(58-5)43(4)39-48)55(51)56-52-35-31-45(25-19-15-13-11-9-7-2)41-47(52)33-37-54(56)59(49-26-20-16-21-27-49)50-28-22-17-23-29-50/h16-17,20-23,26-41H,6-15,18-19,24-25H2,1-5H3. The summed E-state index contributed by atoms with van der Waals surface area (Å²) < 4.78 is 5.90. The van der Waals surface area contributed by atoms with Gasteiger partial charge in [-0.25, -0.2) is 0 Å². The molecular formula is C57H65OP. The van der Waals surface area contributed by atoms with Crippen LogP contribution in [0.15, 0.2) is 133 Å². The molecule has 0 heterocycles. The van der Waals surface area contributed by atoms with E-state index in [9.17, 15) is 0 Å². The minimum atomic E-state index is -0.886. The molecule has 59 heavy (non-hydrogen) atoms. The molecule has 0 fully saturated rings. The van der Waals surface area contributed by atoms with Crippen molar-refractivity contribution in [2.75, 3.05) is 7.11 Å². The quantitative estimate of drug-likeness (QED) is 0.0551. The average molecular weight is 797 g/mol. The number of ether oxygens (including phenoxy) is 1. The summed E-state index contributed by atoms with van der Waals surface area (Å²) in [5.41, 5.74) is 10.4. The Morgan fingerprint density at radius 1 is 0.458 bits per heavy atom. The number of hydrogen-bond donors (Lipinski definition) is 0. The van der Waals surface area contributed by atoms with E-state index in [1.54, 1.807) is 7.11 Å². The van der Waals surface area contributed by atoms with Crippen molar-refractivity contribution in [2.24, 2.45) is 0 Å². The normalized spacial score (nSPS) is 11.6. The molecule has 0 aliphatic rings. The first-order chi connectivity index (χ1) is 29.0. The Morgan fingerprint density at radius 2 is 0.932 bits per heavy atom. The molecule has 0 N–H and O–H groups in total. The lowest BCUT2D eigenvalue weighted by atomic mass is 9.85. The fraction of sp³-hybridized carbons (Fsp3) is 0.333. The highest BCUT2D eigenvalue weighted by atomic mass is 31.1. The number of rotatable bonds is 20. The summed E-state index contributed by atoms with van der Waals surface area (Å²) in [5.74, 6) is 0.968. The Balaban J connectivity index is 1.46. The van der Waals surface area contributed by atoms with Gasteiger partial charge in [0.2, 0.25) is 0 Å². The number of aryl methyl sites for hydroxylation is 4. The maximum Gasteiger partial charge on any atom is 0.124 e. The Hall–Kier alpha value is -4.71. The molecule has 0 aliphatic heterocycles. The molecule has 0 spiro atoms. The number of benzene rings is 7. The average Bonchev–Trinajstić information content (AvgIpc) is 3.26. The lowest BCUT2D eigenvalue weighted by Gasteiger charge is -2.26. The van der Waals surface area contributed by atoms with Crippen molar-refractivity contribution in [1.82, 2.24) is 0 Å². The van der Waals surface area contributed by atoms with Crippen LogP contribution in [-0.2, 0) is 12.8 Å². The summed E-state index contributed by atoms with van der Waals surface area (Å²) in [6.45, 7) is 8.96. The molecule has 7 rings (SSSR count). The van der Waals surface area contributed by atoms with Crippen molar-refractivity contribution in [3.8, 4) is 28.0 Å². The van der Waals surface area contributed by atoms with Gasteiger partial charge < -0.3 is 4.74 Å². The highest BCUT2D eigenvalue weighted by Gasteiger charge is 2.26. The summed E-state index contributed by atoms with van der Waals surface area (Å²) in [5, 5.41) is 9.44. The van der Waals surface area contributed by atoms with Crippen LogP contribution in [0.4, 0.5) is 0 Å². The van der Waals surface area contributed by atoms with E-state index >= 15 is 0 Å². The van der Waals surface area contributed by atoms with Gasteiger partial charge in [-0.15, -0.1) is 0 Å². The third-order valence-corrected chi connectivity index (χ3v) is 14.8. The van der Waals surface area contributed by atoms with Crippen molar-refractivity contribution < 1.29 is 4.74 Å². The van der Waals surface area contributed by atoms with Crippen LogP contribution in [0.25, 0.3) is 43.8 Å². The zero-order valence-corrected chi connectivity index (χ0v) is 37.4. The maximum absolute atomic E-state index is 5.90. The van der Waals surface area contributed by atoms with Gasteiger partial charge in [0, 0.05) is 0 Å². The molecule has 304 valence electrons. The SMILES string of the molecule is CCCCCCCCc1ccc2c(-c3c(P(c4ccccc4)c4ccccc4)ccc4cc(CCCCCCCC)ccc34)c(-c3cc(C)c(OC)c(C)c3)ccc2c1. The van der Waals surface area contributed by atoms with E-state index in [4.69, 9.17) is 4.74 Å². The van der Waals surface area contributed by atoms with Gasteiger partial charge in [-0.3, -0.25) is 0 Å². The zero-order valence-electron chi connectivity index (χ0n) is 36.5. The van der Waals surface area contributed by atoms with E-state index in [-0.39, 0.29) is 0 Å². The molecule has 0 aliphatic carbocycles. The molecule has 0 bridgehead atoms. The summed E-state index contributed by atoms with van der Waals surface area (Å²) in [6.07, 6.45) is 18.0. The van der Waals surface area contributed by atoms with E-state index in [2.05, 4.69) is 161 Å². The Labute approximate surface area is 357 Å². The van der Waals surface area contributed by atoms with Crippen LogP contribution in [-0.4, -0.2) is 7.11 Å². The fourth-order valence-corrected chi connectivity index (χ4v) is 11.7. The number of methoxy groups -OCH3 is 1. The van der Waals surface area contributed by atoms with E-state index in [1.807, 2.05) is 0 Å². The van der Waals surface area contributed by atoms with E-state index in [1.165, 1.54) is 148 Å². The van der Waals surface area contributed by atoms with Gasteiger partial charge in [-0.05, 0) is 142 Å². The first-order valence-electron chi connectivity index (χ1n) is 22.7. The molecular weight excluding hydrogens is 732 g/mol. The topological polar surface area (TPSA) is 9.23 Å². The van der Waals surface area contributed by atoms with Gasteiger partial charge in [0.15, 0.2) is 0 Å². The minimum absolute atomic E-state index is 0.886. The van der Waals surface area contributed by atoms with Crippen LogP contribution in [0.5, 0.6) is 5.75 Å². The minimum Gasteiger partial charge on any atom is -0.496 e. The lowest BCUT2D eigenvalue weighted by Crippen LogP contribution is -2.22. The van der Waals surface area contributed by atoms with Gasteiger partial charge in [0.05, 0.1) is 7.11 Å². The predicted octanol–water partition coefficient (Wildman–Crippen LogP) is 15.5. The van der Waals surface area contributed by atoms with Gasteiger partial charge in [-0.2, -0.15) is 0 Å². The van der Waals surface area contributed by atoms with Crippen LogP contribution in [0.1, 0.15) is 113 Å². The van der Waals surface area contributed by atoms with Crippen molar-refractivity contribution >= 4 is 45.4 Å². The third kappa shape index (κ3) is 10.2. The third-order valence-electron chi connectivity index (χ3n) is 12.3. The van der Waals surface area contributed by atoms with Crippen LogP contribution in [0.3, 0.4) is 0 Å². The van der Waals surface area contributed by atoms with Crippen LogP contribution >= 0.6 is 7.92 Å². The number of unbranched alkanes of at least 4 members (excludes halogenated alkanes) is 10. The molecule has 7 aromatic carbocycles. The first kappa shape index (κ1) is 42.4. The molecule has 0 unspecified atom stereocenters. The summed E-state index contributed by atoms with van der Waals surface area (Å²) >= 11 is 0. The first-order valence-corrected chi connectivity index (χ1v) is 24.0. The fourth-order valence-electron chi connectivity index (χ4n) is 9.25. The molecule has 0 radical (unpaired) electrons. The van der Waals surface area contributed by atoms with Crippen molar-refractivity contribution in [3.63, 3.8) is 0 Å². The predicted molar refractivity (Wildman–Crippen MR) is 261 cm³/mol. The van der Waals surface area contributed by atoms with Gasteiger partial charge in [0.25, 0.3) is 0 Å².